The van der Waals surface area contributed by atoms with Crippen molar-refractivity contribution in [1.82, 2.24) is 97.2 Å². The molecule has 6 aliphatic rings. The van der Waals surface area contributed by atoms with Crippen LogP contribution in [0.1, 0.15) is 61.3 Å². The molecule has 0 radical (unpaired) electrons. The van der Waals surface area contributed by atoms with E-state index in [1.165, 1.54) is 61.6 Å². The van der Waals surface area contributed by atoms with Gasteiger partial charge in [-0.05, 0) is 13.8 Å². The molecule has 0 amide bonds. The van der Waals surface area contributed by atoms with Crippen molar-refractivity contribution in [2.45, 2.75) is 162 Å². The first-order valence-corrected chi connectivity index (χ1v) is 57.2. The van der Waals surface area contributed by atoms with Gasteiger partial charge in [-0.25, -0.2) is 49.5 Å². The molecule has 16 heterocycles. The van der Waals surface area contributed by atoms with E-state index in [1.54, 1.807) is 6.92 Å². The summed E-state index contributed by atoms with van der Waals surface area (Å²) in [5, 5.41) is 10.8. The highest BCUT2D eigenvalue weighted by atomic mass is 32.7. The van der Waals surface area contributed by atoms with Crippen LogP contribution in [0, 0.1) is 13.8 Å². The Balaban J connectivity index is 0.683. The lowest BCUT2D eigenvalue weighted by Gasteiger charge is -2.36. The zero-order chi connectivity index (χ0) is 106. The van der Waals surface area contributed by atoms with Crippen LogP contribution in [0.5, 0.6) is 0 Å². The van der Waals surface area contributed by atoms with Gasteiger partial charge in [0.1, 0.15) is 148 Å². The Morgan fingerprint density at radius 3 is 1.24 bits per heavy atom. The van der Waals surface area contributed by atoms with Gasteiger partial charge in [0.15, 0.2) is 77.0 Å². The first kappa shape index (κ1) is 113. The minimum Gasteiger partial charge on any atom is -0.780 e. The molecule has 28 atom stereocenters. The van der Waals surface area contributed by atoms with Gasteiger partial charge in [0, 0.05) is 71.9 Å². The van der Waals surface area contributed by atoms with Crippen LogP contribution in [0.4, 0.5) is 29.4 Å². The Labute approximate surface area is 852 Å². The van der Waals surface area contributed by atoms with Gasteiger partial charge in [-0.3, -0.25) is 70.4 Å². The number of methoxy groups -OCH3 is 4. The highest BCUT2D eigenvalue weighted by molar-refractivity contribution is 8.32. The second-order valence-corrected chi connectivity index (χ2v) is 46.7. The number of rotatable bonds is 51. The molecule has 65 nitrogen and oxygen atoms in total. The number of hydrogen-bond acceptors (Lipinski definition) is 60. The predicted octanol–water partition coefficient (Wildman–Crippen LogP) is -5.06. The summed E-state index contributed by atoms with van der Waals surface area (Å²) < 4.78 is 207. The van der Waals surface area contributed by atoms with Crippen molar-refractivity contribution in [3.63, 3.8) is 0 Å². The smallest absolute Gasteiger partial charge is 0.351 e. The van der Waals surface area contributed by atoms with E-state index < -0.39 is 271 Å². The van der Waals surface area contributed by atoms with Crippen LogP contribution in [0.15, 0.2) is 74.3 Å². The Hall–Kier alpha value is -7.93. The van der Waals surface area contributed by atoms with Crippen molar-refractivity contribution in [1.29, 1.82) is 0 Å². The van der Waals surface area contributed by atoms with Crippen LogP contribution in [0.2, 0.25) is 0 Å². The van der Waals surface area contributed by atoms with Crippen LogP contribution in [-0.4, -0.2) is 328 Å². The monoisotopic (exact) mass is 2280 g/mol. The number of nitrogens with zero attached hydrogens (tertiary/aromatic N) is 17. The molecular formula is C73H97N25O40P6S4-6. The van der Waals surface area contributed by atoms with Gasteiger partial charge in [-0.1, -0.05) is 35.4 Å². The number of aliphatic hydroxyl groups excluding tert-OH is 1. The van der Waals surface area contributed by atoms with Gasteiger partial charge in [-0.2, -0.15) is 15.0 Å². The summed E-state index contributed by atoms with van der Waals surface area (Å²) in [5.41, 5.74) is 25.3. The van der Waals surface area contributed by atoms with Crippen LogP contribution in [0.3, 0.4) is 0 Å². The summed E-state index contributed by atoms with van der Waals surface area (Å²) in [6.45, 7) is -25.2. The van der Waals surface area contributed by atoms with Crippen molar-refractivity contribution < 1.29 is 164 Å². The minimum atomic E-state index is -6.22. The third-order valence-electron chi connectivity index (χ3n) is 23.5. The molecule has 0 aliphatic carbocycles. The highest BCUT2D eigenvalue weighted by Gasteiger charge is 2.57. The van der Waals surface area contributed by atoms with E-state index in [0.29, 0.717) is 5.56 Å². The second-order valence-electron chi connectivity index (χ2n) is 33.1. The van der Waals surface area contributed by atoms with Gasteiger partial charge in [0.05, 0.1) is 130 Å². The lowest BCUT2D eigenvalue weighted by Crippen LogP contribution is -2.42. The maximum absolute atomic E-state index is 15.4. The first-order chi connectivity index (χ1) is 70.4. The molecule has 0 spiro atoms. The molecule has 14 N–H and O–H groups in total. The number of aromatic amines is 3. The van der Waals surface area contributed by atoms with Crippen LogP contribution in [-0.2, 0) is 182 Å². The third-order valence-corrected chi connectivity index (χ3v) is 31.8. The summed E-state index contributed by atoms with van der Waals surface area (Å²) in [7, 11) is -6.13. The van der Waals surface area contributed by atoms with E-state index in [0.717, 1.165) is 58.6 Å². The number of aryl methyl sites for hydroxylation is 2. The molecule has 6 fully saturated rings. The predicted molar refractivity (Wildman–Crippen MR) is 504 cm³/mol. The maximum atomic E-state index is 15.4. The van der Waals surface area contributed by atoms with Gasteiger partial charge in [0.25, 0.3) is 32.3 Å². The number of anilines is 5. The van der Waals surface area contributed by atoms with Crippen LogP contribution < -0.4 is 81.2 Å². The number of aliphatic hydroxyl groups is 1. The average Bonchev–Trinajstić information content (AvgIpc) is 1.61. The van der Waals surface area contributed by atoms with Crippen molar-refractivity contribution in [3.8, 4) is 0 Å². The van der Waals surface area contributed by atoms with Crippen LogP contribution in [0.25, 0.3) is 44.7 Å². The fraction of sp³-hybridized carbons (Fsp3) is 0.616. The second kappa shape index (κ2) is 47.6. The van der Waals surface area contributed by atoms with E-state index in [9.17, 15) is 43.8 Å². The number of hydrogen-bond donors (Lipinski definition) is 9. The van der Waals surface area contributed by atoms with Gasteiger partial charge in [0.2, 0.25) is 11.9 Å². The van der Waals surface area contributed by atoms with Crippen molar-refractivity contribution >= 4 is 164 Å². The van der Waals surface area contributed by atoms with E-state index in [-0.39, 0.29) is 119 Å². The van der Waals surface area contributed by atoms with E-state index >= 15 is 23.5 Å². The topological polar surface area (TPSA) is 861 Å². The third kappa shape index (κ3) is 25.8. The van der Waals surface area contributed by atoms with Crippen molar-refractivity contribution in [2.24, 2.45) is 0 Å². The number of imidazole rings is 4. The summed E-state index contributed by atoms with van der Waals surface area (Å²) in [6.07, 6.45) is -28.5. The molecule has 0 aromatic carbocycles. The number of phosphoric acid groups is 2. The Bertz CT molecular complexity index is 7040. The number of nitrogens with two attached hydrogens (primary N) is 5. The van der Waals surface area contributed by atoms with Crippen molar-refractivity contribution in [2.75, 3.05) is 157 Å². The van der Waals surface area contributed by atoms with E-state index in [2.05, 4.69) is 69.8 Å². The van der Waals surface area contributed by atoms with Gasteiger partial charge in [-0.15, -0.1) is 0 Å². The fourth-order valence-corrected chi connectivity index (χ4v) is 23.9. The quantitative estimate of drug-likeness (QED) is 0.00979. The fourth-order valence-electron chi connectivity index (χ4n) is 16.7. The zero-order valence-corrected chi connectivity index (χ0v) is 86.9. The van der Waals surface area contributed by atoms with E-state index in [4.69, 9.17) is 197 Å². The number of nitrogen functional groups attached to an aromatic ring is 5. The standard InChI is InChI=1S/C73H103N25O40P6S4/c1-32-18-93(72(103)87-56(32)74)42-16-34(133-141(109,145)117-7)37(127-42)21-124-142(110,146)134-35-17-43(95-28-83-44-57(75)79-26-81-59(44)95)128-38(35)22-125-143(111,147)138-51-40(130-66(55(51)121-15-11-116-6)94-19-33(2)63(100)92-73(94)104)24-123-140(107,108)135-49-39(131-67(53(49)119-13-9-114-4)96-29-84-45-58(76)80-27-82-60(45)96)23-122-139(105,106)136-50-41(132-69(54(50)120-14-10-115-5)98-31-86-47-62(98)89-71(78)91-65(47)102)25-126-144(112,148)137-48-36(20-99)129-68(52(48)118-12-8-113-3)97-30-85-46-61(97)88-70(77)90-64(46)101/h18-19,26-31,34-43,48-55,66-69,99H,8-17,20-25H2,1-7H3,(H,105,106)(H,107,108)(H,109,145)(H,110,146)(H,111,147)(H,112,148)(H2,74,87,103)(H2,75,79,81)(H2,76,80,82)(H,92,100,104)(H3,77,88,90,101)(H3,78,89,91,102)/p-6/t34?,35?,36-,37-,38-,39-,40-,41-,42-,43-,48?,49?,50?,51?,52+,53+,54+,55+,66-,67-,68-,69-,141?,142?,143?,144?/m1/s1. The molecule has 0 bridgehead atoms. The molecule has 10 aromatic rings. The summed E-state index contributed by atoms with van der Waals surface area (Å²) in [4.78, 5) is 193. The average molecular weight is 2280 g/mol. The van der Waals surface area contributed by atoms with Crippen molar-refractivity contribution in [3.05, 3.63) is 114 Å². The number of ether oxygens (including phenoxy) is 14. The highest BCUT2D eigenvalue weighted by Crippen LogP contribution is 2.57. The molecule has 6 aliphatic heterocycles. The molecule has 75 heteroatoms. The number of aromatic nitrogens is 20. The summed E-state index contributed by atoms with van der Waals surface area (Å²) in [6, 6.07) is 0. The molecule has 814 valence electrons. The maximum Gasteiger partial charge on any atom is 0.351 e. The van der Waals surface area contributed by atoms with Gasteiger partial charge < -0.3 is 191 Å². The molecule has 0 saturated carbocycles. The number of nitrogens with one attached hydrogen (secondary N) is 3. The molecule has 6 saturated heterocycles. The number of phosphoric ester groups is 2. The van der Waals surface area contributed by atoms with Gasteiger partial charge >= 0.3 is 11.4 Å². The summed E-state index contributed by atoms with van der Waals surface area (Å²) in [5.74, 6) is -1.06. The van der Waals surface area contributed by atoms with E-state index in [1.807, 2.05) is 0 Å². The normalized spacial score (nSPS) is 28.9. The number of fused-ring (bicyclic) bond motifs is 4. The Morgan fingerprint density at radius 1 is 0.405 bits per heavy atom. The number of H-pyrrole nitrogens is 3. The molecule has 16 rings (SSSR count). The largest absolute Gasteiger partial charge is 0.780 e. The zero-order valence-electron chi connectivity index (χ0n) is 78.3. The lowest BCUT2D eigenvalue weighted by atomic mass is 10.1. The van der Waals surface area contributed by atoms with Crippen LogP contribution >= 0.6 is 42.6 Å². The first-order valence-electron chi connectivity index (χ1n) is 44.1. The summed E-state index contributed by atoms with van der Waals surface area (Å²) >= 11 is 21.7. The lowest BCUT2D eigenvalue weighted by molar-refractivity contribution is -0.241. The molecule has 12 unspecified atom stereocenters. The minimum absolute atomic E-state index is 0.0443. The Kier molecular flexibility index (Phi) is 36.2. The Morgan fingerprint density at radius 2 is 0.784 bits per heavy atom. The molecule has 148 heavy (non-hydrogen) atoms. The molecular weight excluding hydrogens is 2180 g/mol. The molecule has 10 aromatic heterocycles. The SMILES string of the molecule is COCCO[C@H]1C(OP(=O)([S-])OC[C@H]2O[C@@H](n3cnc4c(N)ncnc43)CC2OP([O-])(=S)OC[C@H]2O[C@@H](n3cc(C)c(N)nc3=O)CC2OP([O-])(=S)OC)[C@@H](COP(=O)([O-])OC2[C@@H](COP(=O)([O-])OC3[C@@H](COP([O-])(=S)OC4[C@@H](CO)O[C@@H](n5cnc6c(=O)[nH]c(N)nc65)[C@H]4OCCOC)O[C@@H](n4cnc5c(=O)[nH]c(N)nc54)[C@H]3OCCOC)O[C@@H](n3cnc4c(N)ncnc43)[C@H]2OCCOC)O[C@H]1n1cc(C)c(=O)[nH]c1=O.